The zero-order chi connectivity index (χ0) is 33.1. The van der Waals surface area contributed by atoms with Gasteiger partial charge in [-0.15, -0.1) is 0 Å². The smallest absolute Gasteiger partial charge is 0.186 e. The molecule has 5 fully saturated rings. The molecule has 262 valence electrons. The number of aliphatic hydroxyl groups is 5. The molecule has 4 aliphatic carbocycles. The van der Waals surface area contributed by atoms with Crippen molar-refractivity contribution < 1.29 is 49.2 Å². The first-order valence-corrected chi connectivity index (χ1v) is 17.5. The summed E-state index contributed by atoms with van der Waals surface area (Å²) in [6.07, 6.45) is -0.343. The summed E-state index contributed by atoms with van der Waals surface area (Å²) in [5.74, 6) is -0.298. The second-order valence-corrected chi connectivity index (χ2v) is 16.2. The molecule has 4 saturated carbocycles. The van der Waals surface area contributed by atoms with Crippen molar-refractivity contribution in [3.8, 4) is 0 Å². The normalized spacial score (nSPS) is 51.3. The molecule has 0 aromatic rings. The topological polar surface area (TPSA) is 147 Å². The van der Waals surface area contributed by atoms with Gasteiger partial charge in [0.05, 0.1) is 42.7 Å². The van der Waals surface area contributed by atoms with Gasteiger partial charge >= 0.3 is 0 Å². The van der Waals surface area contributed by atoms with Crippen LogP contribution in [0.2, 0.25) is 0 Å². The van der Waals surface area contributed by atoms with Crippen molar-refractivity contribution in [1.29, 1.82) is 0 Å². The molecule has 17 atom stereocenters. The molecule has 5 rings (SSSR count). The van der Waals surface area contributed by atoms with Crippen LogP contribution in [0.3, 0.4) is 0 Å². The van der Waals surface area contributed by atoms with Crippen LogP contribution < -0.4 is 0 Å². The molecular formula is C35H62O10. The summed E-state index contributed by atoms with van der Waals surface area (Å²) in [5, 5.41) is 58.5. The molecule has 0 amide bonds. The fraction of sp³-hybridized carbons (Fsp3) is 1.00. The predicted molar refractivity (Wildman–Crippen MR) is 167 cm³/mol. The summed E-state index contributed by atoms with van der Waals surface area (Å²) in [5.41, 5.74) is -2.06. The van der Waals surface area contributed by atoms with Gasteiger partial charge in [0.15, 0.2) is 6.29 Å². The summed E-state index contributed by atoms with van der Waals surface area (Å²) in [6, 6.07) is 0. The van der Waals surface area contributed by atoms with Crippen molar-refractivity contribution in [1.82, 2.24) is 0 Å². The Hall–Kier alpha value is -0.400. The number of aliphatic hydroxyl groups excluding tert-OH is 4. The molecule has 0 bridgehead atoms. The minimum absolute atomic E-state index is 0.119. The molecule has 10 nitrogen and oxygen atoms in total. The minimum atomic E-state index is -1.25. The molecular weight excluding hydrogens is 580 g/mol. The highest BCUT2D eigenvalue weighted by Gasteiger charge is 2.72. The number of hydrogen-bond acceptors (Lipinski definition) is 10. The highest BCUT2D eigenvalue weighted by atomic mass is 16.7. The molecule has 0 radical (unpaired) electrons. The molecule has 0 spiro atoms. The molecule has 0 aromatic carbocycles. The van der Waals surface area contributed by atoms with Gasteiger partial charge in [-0.05, 0) is 79.4 Å². The number of methoxy groups -OCH3 is 3. The number of fused-ring (bicyclic) bond motifs is 5. The van der Waals surface area contributed by atoms with E-state index in [2.05, 4.69) is 20.8 Å². The summed E-state index contributed by atoms with van der Waals surface area (Å²) in [7, 11) is 4.77. The van der Waals surface area contributed by atoms with E-state index < -0.39 is 59.8 Å². The lowest BCUT2D eigenvalue weighted by Crippen LogP contribution is -2.71. The Kier molecular flexibility index (Phi) is 10.8. The van der Waals surface area contributed by atoms with E-state index in [0.29, 0.717) is 25.2 Å². The Morgan fingerprint density at radius 3 is 2.13 bits per heavy atom. The number of ether oxygens (including phenoxy) is 5. The third-order valence-electron chi connectivity index (χ3n) is 13.7. The monoisotopic (exact) mass is 642 g/mol. The van der Waals surface area contributed by atoms with Crippen molar-refractivity contribution in [3.63, 3.8) is 0 Å². The lowest BCUT2D eigenvalue weighted by atomic mass is 9.41. The van der Waals surface area contributed by atoms with Crippen LogP contribution in [0.25, 0.3) is 0 Å². The molecule has 1 saturated heterocycles. The second-order valence-electron chi connectivity index (χ2n) is 16.2. The van der Waals surface area contributed by atoms with Gasteiger partial charge in [-0.2, -0.15) is 0 Å². The maximum absolute atomic E-state index is 12.7. The zero-order valence-electron chi connectivity index (χ0n) is 28.8. The van der Waals surface area contributed by atoms with Crippen LogP contribution in [0.4, 0.5) is 0 Å². The van der Waals surface area contributed by atoms with E-state index in [4.69, 9.17) is 23.7 Å². The minimum Gasteiger partial charge on any atom is -0.393 e. The van der Waals surface area contributed by atoms with Gasteiger partial charge in [-0.3, -0.25) is 0 Å². The highest BCUT2D eigenvalue weighted by Crippen LogP contribution is 2.70. The van der Waals surface area contributed by atoms with Crippen molar-refractivity contribution >= 4 is 0 Å². The van der Waals surface area contributed by atoms with E-state index in [1.165, 1.54) is 0 Å². The Morgan fingerprint density at radius 2 is 1.51 bits per heavy atom. The molecule has 1 aliphatic heterocycles. The van der Waals surface area contributed by atoms with Crippen molar-refractivity contribution in [2.75, 3.05) is 27.9 Å². The Balaban J connectivity index is 1.33. The fourth-order valence-electron chi connectivity index (χ4n) is 11.4. The van der Waals surface area contributed by atoms with E-state index in [0.717, 1.165) is 25.7 Å². The largest absolute Gasteiger partial charge is 0.393 e. The van der Waals surface area contributed by atoms with Gasteiger partial charge < -0.3 is 49.2 Å². The molecule has 5 aliphatic rings. The molecule has 9 unspecified atom stereocenters. The predicted octanol–water partition coefficient (Wildman–Crippen LogP) is 2.89. The van der Waals surface area contributed by atoms with Crippen molar-refractivity contribution in [2.24, 2.45) is 46.3 Å². The van der Waals surface area contributed by atoms with Crippen LogP contribution in [0.5, 0.6) is 0 Å². The van der Waals surface area contributed by atoms with Gasteiger partial charge in [-0.1, -0.05) is 34.6 Å². The lowest BCUT2D eigenvalue weighted by Gasteiger charge is -2.66. The lowest BCUT2D eigenvalue weighted by molar-refractivity contribution is -0.323. The van der Waals surface area contributed by atoms with Crippen LogP contribution in [0.15, 0.2) is 0 Å². The summed E-state index contributed by atoms with van der Waals surface area (Å²) in [6.45, 7) is 10.9. The SMILES string of the molecule is COC1C(OC)[C@H](OC)CO[C@H]1O[C@H]1CC[C@@]2(C)C([C@H](O)C[C@]3(O)C2CC[C@]2(C)C(C(C)CCC(O)C(C)C)CC(O)C23)[C@H]1O. The summed E-state index contributed by atoms with van der Waals surface area (Å²) in [4.78, 5) is 0. The number of hydrogen-bond donors (Lipinski definition) is 5. The average Bonchev–Trinajstić information content (AvgIpc) is 3.27. The van der Waals surface area contributed by atoms with Gasteiger partial charge in [0.1, 0.15) is 18.3 Å². The zero-order valence-corrected chi connectivity index (χ0v) is 28.8. The van der Waals surface area contributed by atoms with E-state index >= 15 is 0 Å². The first kappa shape index (κ1) is 35.9. The van der Waals surface area contributed by atoms with E-state index in [1.54, 1.807) is 21.3 Å². The van der Waals surface area contributed by atoms with Crippen LogP contribution >= 0.6 is 0 Å². The van der Waals surface area contributed by atoms with Crippen LogP contribution in [0, 0.1) is 46.3 Å². The summed E-state index contributed by atoms with van der Waals surface area (Å²) >= 11 is 0. The van der Waals surface area contributed by atoms with E-state index in [1.807, 2.05) is 13.8 Å². The van der Waals surface area contributed by atoms with Gasteiger partial charge in [0, 0.05) is 39.6 Å². The Labute approximate surface area is 270 Å². The standard InChI is InChI=1S/C35H62O10/c1-18(2)21(36)10-9-19(3)20-15-22(37)31-33(20,4)14-12-26-34(5)13-11-24(28(39)27(34)23(38)16-35(26,31)40)45-32-30(43-8)29(42-7)25(41-6)17-44-32/h18-32,36-40H,9-17H2,1-8H3/t19?,20?,21?,22?,23-,24+,25-,26?,27?,28+,29?,30?,31?,32+,33-,34-,35+/m1/s1. The quantitative estimate of drug-likeness (QED) is 0.226. The first-order valence-electron chi connectivity index (χ1n) is 17.5. The van der Waals surface area contributed by atoms with Gasteiger partial charge in [-0.25, -0.2) is 0 Å². The fourth-order valence-corrected chi connectivity index (χ4v) is 11.4. The second kappa shape index (κ2) is 13.5. The molecule has 5 N–H and O–H groups in total. The number of rotatable bonds is 10. The molecule has 1 heterocycles. The maximum Gasteiger partial charge on any atom is 0.186 e. The molecule has 0 aromatic heterocycles. The first-order chi connectivity index (χ1) is 21.2. The van der Waals surface area contributed by atoms with Crippen LogP contribution in [0.1, 0.15) is 86.0 Å². The maximum atomic E-state index is 12.7. The van der Waals surface area contributed by atoms with E-state index in [-0.39, 0.29) is 54.3 Å². The van der Waals surface area contributed by atoms with Gasteiger partial charge in [0.25, 0.3) is 0 Å². The van der Waals surface area contributed by atoms with Crippen molar-refractivity contribution in [2.45, 2.75) is 147 Å². The third kappa shape index (κ3) is 5.95. The third-order valence-corrected chi connectivity index (χ3v) is 13.7. The molecule has 45 heavy (non-hydrogen) atoms. The molecule has 10 heteroatoms. The van der Waals surface area contributed by atoms with Crippen LogP contribution in [-0.4, -0.2) is 114 Å². The van der Waals surface area contributed by atoms with Crippen LogP contribution in [-0.2, 0) is 23.7 Å². The van der Waals surface area contributed by atoms with Crippen molar-refractivity contribution in [3.05, 3.63) is 0 Å². The highest BCUT2D eigenvalue weighted by molar-refractivity contribution is 5.21. The van der Waals surface area contributed by atoms with Gasteiger partial charge in [0.2, 0.25) is 0 Å². The average molecular weight is 643 g/mol. The Morgan fingerprint density at radius 1 is 0.844 bits per heavy atom. The van der Waals surface area contributed by atoms with E-state index in [9.17, 15) is 25.5 Å². The Bertz CT molecular complexity index is 997. The summed E-state index contributed by atoms with van der Waals surface area (Å²) < 4.78 is 29.3.